The van der Waals surface area contributed by atoms with Gasteiger partial charge in [0.2, 0.25) is 10.0 Å². The third-order valence-electron chi connectivity index (χ3n) is 3.82. The predicted octanol–water partition coefficient (Wildman–Crippen LogP) is 2.29. The van der Waals surface area contributed by atoms with Crippen LogP contribution in [0.5, 0.6) is 0 Å². The lowest BCUT2D eigenvalue weighted by atomic mass is 10.1. The Morgan fingerprint density at radius 3 is 2.27 bits per heavy atom. The minimum absolute atomic E-state index is 0.0508. The van der Waals surface area contributed by atoms with Gasteiger partial charge in [-0.3, -0.25) is 4.72 Å². The molecule has 114 valence electrons. The van der Waals surface area contributed by atoms with Crippen molar-refractivity contribution < 1.29 is 18.3 Å². The summed E-state index contributed by atoms with van der Waals surface area (Å²) in [5.74, 6) is -1.09. The fraction of sp³-hybridized carbons (Fsp3) is 0.188. The monoisotopic (exact) mass is 317 g/mol. The van der Waals surface area contributed by atoms with Gasteiger partial charge >= 0.3 is 5.97 Å². The van der Waals surface area contributed by atoms with Crippen LogP contribution in [0, 0.1) is 0 Å². The molecule has 0 saturated heterocycles. The van der Waals surface area contributed by atoms with E-state index in [-0.39, 0.29) is 11.3 Å². The van der Waals surface area contributed by atoms with Gasteiger partial charge in [0.15, 0.2) is 0 Å². The zero-order valence-corrected chi connectivity index (χ0v) is 12.5. The summed E-state index contributed by atoms with van der Waals surface area (Å²) in [6.07, 6.45) is 0.953. The molecule has 2 aromatic carbocycles. The van der Waals surface area contributed by atoms with Crippen molar-refractivity contribution in [2.45, 2.75) is 18.1 Å². The van der Waals surface area contributed by atoms with Gasteiger partial charge in [-0.1, -0.05) is 30.3 Å². The van der Waals surface area contributed by atoms with Crippen LogP contribution >= 0.6 is 0 Å². The summed E-state index contributed by atoms with van der Waals surface area (Å²) in [6, 6.07) is 13.5. The van der Waals surface area contributed by atoms with E-state index in [4.69, 9.17) is 5.11 Å². The second kappa shape index (κ2) is 5.46. The Morgan fingerprint density at radius 2 is 1.68 bits per heavy atom. The first-order chi connectivity index (χ1) is 10.5. The number of carbonyl (C=O) groups is 1. The number of fused-ring (bicyclic) bond motifs is 1. The minimum atomic E-state index is -3.57. The largest absolute Gasteiger partial charge is 0.478 e. The Balaban J connectivity index is 1.81. The van der Waals surface area contributed by atoms with Gasteiger partial charge < -0.3 is 5.11 Å². The maximum Gasteiger partial charge on any atom is 0.335 e. The van der Waals surface area contributed by atoms with Crippen LogP contribution < -0.4 is 4.72 Å². The van der Waals surface area contributed by atoms with E-state index in [1.807, 2.05) is 24.3 Å². The quantitative estimate of drug-likeness (QED) is 0.906. The van der Waals surface area contributed by atoms with Crippen molar-refractivity contribution in [1.82, 2.24) is 0 Å². The molecule has 0 aromatic heterocycles. The Bertz CT molecular complexity index is 805. The van der Waals surface area contributed by atoms with Crippen LogP contribution in [-0.2, 0) is 22.9 Å². The van der Waals surface area contributed by atoms with E-state index in [0.717, 1.165) is 11.1 Å². The van der Waals surface area contributed by atoms with E-state index >= 15 is 0 Å². The summed E-state index contributed by atoms with van der Waals surface area (Å²) >= 11 is 0. The predicted molar refractivity (Wildman–Crippen MR) is 83.6 cm³/mol. The van der Waals surface area contributed by atoms with E-state index in [1.165, 1.54) is 18.2 Å². The molecule has 3 rings (SSSR count). The maximum atomic E-state index is 12.5. The first-order valence-corrected chi connectivity index (χ1v) is 8.42. The van der Waals surface area contributed by atoms with Crippen molar-refractivity contribution in [3.8, 4) is 0 Å². The molecule has 0 amide bonds. The molecule has 0 aliphatic heterocycles. The van der Waals surface area contributed by atoms with E-state index in [0.29, 0.717) is 12.8 Å². The number of carboxylic acids is 1. The summed E-state index contributed by atoms with van der Waals surface area (Å²) in [4.78, 5) is 10.9. The molecule has 0 atom stereocenters. The highest BCUT2D eigenvalue weighted by Crippen LogP contribution is 2.27. The molecule has 2 N–H and O–H groups in total. The molecule has 0 bridgehead atoms. The van der Waals surface area contributed by atoms with Crippen LogP contribution in [0.1, 0.15) is 21.5 Å². The summed E-state index contributed by atoms with van der Waals surface area (Å²) in [5.41, 5.74) is 2.43. The molecule has 1 aliphatic carbocycles. The van der Waals surface area contributed by atoms with E-state index in [9.17, 15) is 13.2 Å². The van der Waals surface area contributed by atoms with Gasteiger partial charge in [0.1, 0.15) is 0 Å². The van der Waals surface area contributed by atoms with Crippen LogP contribution in [0.15, 0.2) is 48.5 Å². The van der Waals surface area contributed by atoms with Gasteiger partial charge in [0.05, 0.1) is 10.8 Å². The zero-order chi connectivity index (χ0) is 15.7. The highest BCUT2D eigenvalue weighted by atomic mass is 32.2. The number of hydrogen-bond donors (Lipinski definition) is 2. The van der Waals surface area contributed by atoms with Gasteiger partial charge in [-0.25, -0.2) is 13.2 Å². The zero-order valence-electron chi connectivity index (χ0n) is 11.7. The second-order valence-electron chi connectivity index (χ2n) is 5.33. The SMILES string of the molecule is O=C(O)c1cccc(NS(=O)(=O)C2Cc3ccccc3C2)c1. The van der Waals surface area contributed by atoms with Crippen molar-refractivity contribution in [2.75, 3.05) is 4.72 Å². The van der Waals surface area contributed by atoms with E-state index in [1.54, 1.807) is 6.07 Å². The lowest BCUT2D eigenvalue weighted by Crippen LogP contribution is -2.28. The number of anilines is 1. The van der Waals surface area contributed by atoms with E-state index < -0.39 is 21.2 Å². The van der Waals surface area contributed by atoms with Gasteiger partial charge in [-0.15, -0.1) is 0 Å². The molecule has 0 saturated carbocycles. The third-order valence-corrected chi connectivity index (χ3v) is 5.55. The molecule has 6 heteroatoms. The van der Waals surface area contributed by atoms with Crippen LogP contribution in [0.25, 0.3) is 0 Å². The Labute approximate surface area is 128 Å². The number of benzene rings is 2. The maximum absolute atomic E-state index is 12.5. The minimum Gasteiger partial charge on any atom is -0.478 e. The third kappa shape index (κ3) is 2.82. The topological polar surface area (TPSA) is 83.5 Å². The fourth-order valence-electron chi connectivity index (χ4n) is 2.70. The van der Waals surface area contributed by atoms with Crippen molar-refractivity contribution in [3.05, 3.63) is 65.2 Å². The number of aromatic carboxylic acids is 1. The molecule has 0 fully saturated rings. The summed E-state index contributed by atoms with van der Waals surface area (Å²) in [6.45, 7) is 0. The van der Waals surface area contributed by atoms with Crippen LogP contribution in [0.2, 0.25) is 0 Å². The van der Waals surface area contributed by atoms with Crippen LogP contribution in [0.4, 0.5) is 5.69 Å². The normalized spacial score (nSPS) is 14.5. The molecule has 5 nitrogen and oxygen atoms in total. The summed E-state index contributed by atoms with van der Waals surface area (Å²) < 4.78 is 27.5. The van der Waals surface area contributed by atoms with Crippen molar-refractivity contribution in [2.24, 2.45) is 0 Å². The molecular weight excluding hydrogens is 302 g/mol. The Kier molecular flexibility index (Phi) is 3.62. The lowest BCUT2D eigenvalue weighted by molar-refractivity contribution is 0.0697. The van der Waals surface area contributed by atoms with Crippen LogP contribution in [-0.4, -0.2) is 24.7 Å². The van der Waals surface area contributed by atoms with Gasteiger partial charge in [0, 0.05) is 5.69 Å². The van der Waals surface area contributed by atoms with Crippen molar-refractivity contribution in [3.63, 3.8) is 0 Å². The highest BCUT2D eigenvalue weighted by molar-refractivity contribution is 7.93. The van der Waals surface area contributed by atoms with Crippen LogP contribution in [0.3, 0.4) is 0 Å². The number of sulfonamides is 1. The number of rotatable bonds is 4. The van der Waals surface area contributed by atoms with Crippen molar-refractivity contribution >= 4 is 21.7 Å². The first kappa shape index (κ1) is 14.6. The second-order valence-corrected chi connectivity index (χ2v) is 7.29. The molecule has 0 unspecified atom stereocenters. The van der Waals surface area contributed by atoms with Crippen molar-refractivity contribution in [1.29, 1.82) is 0 Å². The van der Waals surface area contributed by atoms with E-state index in [2.05, 4.69) is 4.72 Å². The standard InChI is InChI=1S/C16H15NO4S/c18-16(19)13-6-3-7-14(8-13)17-22(20,21)15-9-11-4-1-2-5-12(11)10-15/h1-8,15,17H,9-10H2,(H,18,19). The Morgan fingerprint density at radius 1 is 1.05 bits per heavy atom. The fourth-order valence-corrected chi connectivity index (χ4v) is 4.12. The summed E-state index contributed by atoms with van der Waals surface area (Å²) in [5, 5.41) is 8.43. The van der Waals surface area contributed by atoms with Gasteiger partial charge in [-0.2, -0.15) is 0 Å². The number of carboxylic acid groups (broad SMARTS) is 1. The molecule has 0 heterocycles. The van der Waals surface area contributed by atoms with Gasteiger partial charge in [0.25, 0.3) is 0 Å². The summed E-state index contributed by atoms with van der Waals surface area (Å²) in [7, 11) is -3.57. The first-order valence-electron chi connectivity index (χ1n) is 6.87. The number of hydrogen-bond acceptors (Lipinski definition) is 3. The highest BCUT2D eigenvalue weighted by Gasteiger charge is 2.32. The lowest BCUT2D eigenvalue weighted by Gasteiger charge is -2.13. The molecule has 1 aliphatic rings. The number of nitrogens with one attached hydrogen (secondary N) is 1. The molecule has 0 radical (unpaired) electrons. The molecule has 22 heavy (non-hydrogen) atoms. The van der Waals surface area contributed by atoms with Gasteiger partial charge in [-0.05, 0) is 42.2 Å². The molecular formula is C16H15NO4S. The smallest absolute Gasteiger partial charge is 0.335 e. The average Bonchev–Trinajstić information content (AvgIpc) is 2.92. The Hall–Kier alpha value is -2.34. The molecule has 2 aromatic rings. The average molecular weight is 317 g/mol. The molecule has 0 spiro atoms.